The average Bonchev–Trinajstić information content (AvgIpc) is 3.05. The summed E-state index contributed by atoms with van der Waals surface area (Å²) in [6.45, 7) is -0.0363. The number of sulfonamides is 1. The third kappa shape index (κ3) is 3.73. The summed E-state index contributed by atoms with van der Waals surface area (Å²) < 4.78 is 28.6. The van der Waals surface area contributed by atoms with Crippen LogP contribution in [0.25, 0.3) is 5.69 Å². The van der Waals surface area contributed by atoms with Gasteiger partial charge in [0.2, 0.25) is 10.0 Å². The van der Waals surface area contributed by atoms with Crippen LogP contribution in [-0.2, 0) is 16.6 Å². The van der Waals surface area contributed by atoms with E-state index in [4.69, 9.17) is 23.2 Å². The van der Waals surface area contributed by atoms with Crippen LogP contribution >= 0.6 is 23.2 Å². The minimum atomic E-state index is -3.82. The van der Waals surface area contributed by atoms with Crippen LogP contribution in [0.4, 0.5) is 0 Å². The Morgan fingerprint density at radius 2 is 2.04 bits per heavy atom. The second-order valence-electron chi connectivity index (χ2n) is 4.76. The largest absolute Gasteiger partial charge is 0.262 e. The molecule has 0 amide bonds. The summed E-state index contributed by atoms with van der Waals surface area (Å²) in [4.78, 5) is 3.90. The van der Waals surface area contributed by atoms with Crippen LogP contribution in [-0.4, -0.2) is 28.4 Å². The van der Waals surface area contributed by atoms with E-state index in [1.165, 1.54) is 22.9 Å². The molecule has 0 spiro atoms. The highest BCUT2D eigenvalue weighted by molar-refractivity contribution is 7.89. The normalized spacial score (nSPS) is 11.6. The summed E-state index contributed by atoms with van der Waals surface area (Å²) in [5, 5.41) is 8.23. The smallest absolute Gasteiger partial charge is 0.242 e. The van der Waals surface area contributed by atoms with Gasteiger partial charge >= 0.3 is 0 Å². The first kappa shape index (κ1) is 16.8. The van der Waals surface area contributed by atoms with E-state index in [-0.39, 0.29) is 21.5 Å². The van der Waals surface area contributed by atoms with E-state index in [1.807, 2.05) is 0 Å². The zero-order valence-electron chi connectivity index (χ0n) is 12.1. The first-order valence-corrected chi connectivity index (χ1v) is 8.96. The summed E-state index contributed by atoms with van der Waals surface area (Å²) in [7, 11) is -3.82. The number of benzene rings is 1. The number of hydrogen-bond donors (Lipinski definition) is 1. The van der Waals surface area contributed by atoms with E-state index in [9.17, 15) is 8.42 Å². The van der Waals surface area contributed by atoms with Gasteiger partial charge in [-0.15, -0.1) is 5.10 Å². The Kier molecular flexibility index (Phi) is 4.81. The predicted molar refractivity (Wildman–Crippen MR) is 89.6 cm³/mol. The molecule has 2 aromatic heterocycles. The lowest BCUT2D eigenvalue weighted by Crippen LogP contribution is -2.23. The van der Waals surface area contributed by atoms with Gasteiger partial charge in [-0.2, -0.15) is 0 Å². The summed E-state index contributed by atoms with van der Waals surface area (Å²) in [5.41, 5.74) is 1.16. The molecule has 0 aliphatic heterocycles. The van der Waals surface area contributed by atoms with Gasteiger partial charge in [-0.3, -0.25) is 4.98 Å². The molecule has 124 valence electrons. The fourth-order valence-corrected chi connectivity index (χ4v) is 3.68. The summed E-state index contributed by atoms with van der Waals surface area (Å²) in [6.07, 6.45) is 4.87. The Hall–Kier alpha value is -2.00. The summed E-state index contributed by atoms with van der Waals surface area (Å²) >= 11 is 11.8. The van der Waals surface area contributed by atoms with Gasteiger partial charge in [0, 0.05) is 11.2 Å². The van der Waals surface area contributed by atoms with Crippen LogP contribution in [0, 0.1) is 0 Å². The summed E-state index contributed by atoms with van der Waals surface area (Å²) in [6, 6.07) is 7.81. The van der Waals surface area contributed by atoms with Crippen LogP contribution in [0.15, 0.2) is 53.8 Å². The quantitative estimate of drug-likeness (QED) is 0.730. The van der Waals surface area contributed by atoms with Gasteiger partial charge in [-0.25, -0.2) is 17.8 Å². The van der Waals surface area contributed by atoms with Gasteiger partial charge in [0.05, 0.1) is 35.3 Å². The molecule has 0 aliphatic carbocycles. The molecule has 0 aliphatic rings. The fraction of sp³-hybridized carbons (Fsp3) is 0.0714. The molecule has 0 radical (unpaired) electrons. The number of nitrogens with one attached hydrogen (secondary N) is 1. The number of halogens is 2. The monoisotopic (exact) mass is 383 g/mol. The van der Waals surface area contributed by atoms with Crippen LogP contribution < -0.4 is 4.72 Å². The second kappa shape index (κ2) is 6.86. The van der Waals surface area contributed by atoms with E-state index in [2.05, 4.69) is 20.0 Å². The minimum Gasteiger partial charge on any atom is -0.262 e. The number of rotatable bonds is 5. The molecule has 0 fully saturated rings. The van der Waals surface area contributed by atoms with E-state index < -0.39 is 10.0 Å². The lowest BCUT2D eigenvalue weighted by atomic mass is 10.4. The molecule has 7 nitrogen and oxygen atoms in total. The van der Waals surface area contributed by atoms with Crippen LogP contribution in [0.3, 0.4) is 0 Å². The highest BCUT2D eigenvalue weighted by Gasteiger charge is 2.18. The molecule has 0 atom stereocenters. The molecule has 2 heterocycles. The Bertz CT molecular complexity index is 960. The number of pyridine rings is 1. The second-order valence-corrected chi connectivity index (χ2v) is 7.34. The zero-order chi connectivity index (χ0) is 17.2. The average molecular weight is 384 g/mol. The SMILES string of the molecule is O=S(=O)(NCc1cn(-c2cccnc2)nn1)c1cc(Cl)ccc1Cl. The van der Waals surface area contributed by atoms with E-state index in [0.29, 0.717) is 5.69 Å². The molecule has 1 aromatic carbocycles. The maximum atomic E-state index is 12.3. The van der Waals surface area contributed by atoms with Crippen molar-refractivity contribution in [3.8, 4) is 5.69 Å². The number of hydrogen-bond acceptors (Lipinski definition) is 5. The maximum absolute atomic E-state index is 12.3. The Morgan fingerprint density at radius 1 is 1.21 bits per heavy atom. The zero-order valence-corrected chi connectivity index (χ0v) is 14.4. The van der Waals surface area contributed by atoms with E-state index in [0.717, 1.165) is 5.69 Å². The Labute approximate surface area is 148 Å². The molecule has 0 unspecified atom stereocenters. The van der Waals surface area contributed by atoms with E-state index in [1.54, 1.807) is 30.7 Å². The van der Waals surface area contributed by atoms with Crippen molar-refractivity contribution in [2.24, 2.45) is 0 Å². The molecule has 3 aromatic rings. The predicted octanol–water partition coefficient (Wildman–Crippen LogP) is 2.45. The van der Waals surface area contributed by atoms with Gasteiger partial charge in [0.25, 0.3) is 0 Å². The molecule has 0 bridgehead atoms. The molecular weight excluding hydrogens is 373 g/mol. The molecule has 0 saturated carbocycles. The molecule has 24 heavy (non-hydrogen) atoms. The van der Waals surface area contributed by atoms with Crippen LogP contribution in [0.1, 0.15) is 5.69 Å². The molecular formula is C14H11Cl2N5O2S. The highest BCUT2D eigenvalue weighted by atomic mass is 35.5. The first-order chi connectivity index (χ1) is 11.5. The molecule has 3 rings (SSSR count). The third-order valence-electron chi connectivity index (χ3n) is 3.08. The van der Waals surface area contributed by atoms with Gasteiger partial charge in [0.15, 0.2) is 0 Å². The Morgan fingerprint density at radius 3 is 2.79 bits per heavy atom. The standard InChI is InChI=1S/C14H11Cl2N5O2S/c15-10-3-4-13(16)14(6-10)24(22,23)18-7-11-9-21(20-19-11)12-2-1-5-17-8-12/h1-6,8-9,18H,7H2. The topological polar surface area (TPSA) is 89.8 Å². The van der Waals surface area contributed by atoms with Crippen molar-refractivity contribution in [2.75, 3.05) is 0 Å². The molecule has 10 heteroatoms. The van der Waals surface area contributed by atoms with Crippen molar-refractivity contribution in [2.45, 2.75) is 11.4 Å². The minimum absolute atomic E-state index is 0.0363. The lowest BCUT2D eigenvalue weighted by molar-refractivity contribution is 0.580. The van der Waals surface area contributed by atoms with Crippen molar-refractivity contribution in [3.05, 3.63) is 64.7 Å². The molecule has 0 saturated heterocycles. The van der Waals surface area contributed by atoms with Crippen molar-refractivity contribution in [1.29, 1.82) is 0 Å². The first-order valence-electron chi connectivity index (χ1n) is 6.72. The van der Waals surface area contributed by atoms with Gasteiger partial charge < -0.3 is 0 Å². The number of aromatic nitrogens is 4. The Balaban J connectivity index is 1.76. The third-order valence-corrected chi connectivity index (χ3v) is 5.20. The highest BCUT2D eigenvalue weighted by Crippen LogP contribution is 2.24. The van der Waals surface area contributed by atoms with Crippen molar-refractivity contribution in [1.82, 2.24) is 24.7 Å². The van der Waals surface area contributed by atoms with Gasteiger partial charge in [0.1, 0.15) is 4.90 Å². The number of nitrogens with zero attached hydrogens (tertiary/aromatic N) is 4. The lowest BCUT2D eigenvalue weighted by Gasteiger charge is -2.07. The maximum Gasteiger partial charge on any atom is 0.242 e. The van der Waals surface area contributed by atoms with Crippen molar-refractivity contribution in [3.63, 3.8) is 0 Å². The van der Waals surface area contributed by atoms with Crippen LogP contribution in [0.5, 0.6) is 0 Å². The molecule has 1 N–H and O–H groups in total. The van der Waals surface area contributed by atoms with Gasteiger partial charge in [-0.05, 0) is 30.3 Å². The van der Waals surface area contributed by atoms with E-state index >= 15 is 0 Å². The van der Waals surface area contributed by atoms with Gasteiger partial charge in [-0.1, -0.05) is 28.4 Å². The summed E-state index contributed by atoms with van der Waals surface area (Å²) in [5.74, 6) is 0. The van der Waals surface area contributed by atoms with Crippen molar-refractivity contribution >= 4 is 33.2 Å². The van der Waals surface area contributed by atoms with Crippen LogP contribution in [0.2, 0.25) is 10.0 Å². The fourth-order valence-electron chi connectivity index (χ4n) is 1.92. The van der Waals surface area contributed by atoms with Crippen molar-refractivity contribution < 1.29 is 8.42 Å².